The van der Waals surface area contributed by atoms with E-state index in [4.69, 9.17) is 5.84 Å². The van der Waals surface area contributed by atoms with Crippen LogP contribution in [0.1, 0.15) is 12.5 Å². The van der Waals surface area contributed by atoms with Gasteiger partial charge in [-0.05, 0) is 31.0 Å². The summed E-state index contributed by atoms with van der Waals surface area (Å²) >= 11 is 0. The molecule has 5 nitrogen and oxygen atoms in total. The lowest BCUT2D eigenvalue weighted by molar-refractivity contribution is 0.612. The minimum Gasteiger partial charge on any atom is -0.365 e. The number of hydrogen-bond donors (Lipinski definition) is 3. The van der Waals surface area contributed by atoms with Crippen molar-refractivity contribution in [2.75, 3.05) is 10.7 Å². The van der Waals surface area contributed by atoms with Crippen molar-refractivity contribution in [3.05, 3.63) is 47.7 Å². The van der Waals surface area contributed by atoms with Crippen LogP contribution in [-0.2, 0) is 6.42 Å². The van der Waals surface area contributed by atoms with E-state index in [-0.39, 0.29) is 23.6 Å². The number of nitrogens with zero attached hydrogens (tertiary/aromatic N) is 2. The van der Waals surface area contributed by atoms with Crippen molar-refractivity contribution in [1.82, 2.24) is 9.97 Å². The van der Waals surface area contributed by atoms with Gasteiger partial charge in [-0.3, -0.25) is 5.43 Å². The lowest BCUT2D eigenvalue weighted by Crippen LogP contribution is -2.21. The molecule has 7 heteroatoms. The van der Waals surface area contributed by atoms with Crippen molar-refractivity contribution in [3.63, 3.8) is 0 Å². The van der Waals surface area contributed by atoms with Gasteiger partial charge in [0.2, 0.25) is 5.95 Å². The maximum absolute atomic E-state index is 13.6. The van der Waals surface area contributed by atoms with Crippen LogP contribution in [0.3, 0.4) is 0 Å². The molecule has 0 aliphatic carbocycles. The zero-order valence-electron chi connectivity index (χ0n) is 10.9. The van der Waals surface area contributed by atoms with Crippen LogP contribution in [0.2, 0.25) is 0 Å². The van der Waals surface area contributed by atoms with Crippen molar-refractivity contribution in [1.29, 1.82) is 0 Å². The summed E-state index contributed by atoms with van der Waals surface area (Å²) in [5.41, 5.74) is 3.20. The normalized spacial score (nSPS) is 12.0. The van der Waals surface area contributed by atoms with E-state index >= 15 is 0 Å². The fraction of sp³-hybridized carbons (Fsp3) is 0.231. The first kappa shape index (κ1) is 14.1. The second kappa shape index (κ2) is 6.25. The third kappa shape index (κ3) is 3.61. The number of hydrogen-bond acceptors (Lipinski definition) is 5. The molecule has 0 amide bonds. The van der Waals surface area contributed by atoms with Crippen LogP contribution in [0, 0.1) is 11.6 Å². The van der Waals surface area contributed by atoms with Gasteiger partial charge in [0.15, 0.2) is 11.6 Å². The molecule has 1 heterocycles. The van der Waals surface area contributed by atoms with Crippen LogP contribution in [0.25, 0.3) is 0 Å². The second-order valence-corrected chi connectivity index (χ2v) is 4.41. The molecule has 0 saturated carbocycles. The molecule has 4 N–H and O–H groups in total. The average molecular weight is 279 g/mol. The van der Waals surface area contributed by atoms with Gasteiger partial charge in [-0.15, -0.1) is 0 Å². The number of rotatable bonds is 5. The molecule has 0 saturated heterocycles. The molecule has 1 atom stereocenters. The van der Waals surface area contributed by atoms with E-state index in [0.29, 0.717) is 6.42 Å². The van der Waals surface area contributed by atoms with E-state index in [1.807, 2.05) is 6.92 Å². The van der Waals surface area contributed by atoms with Crippen molar-refractivity contribution in [2.24, 2.45) is 5.84 Å². The molecule has 1 aromatic heterocycles. The van der Waals surface area contributed by atoms with Crippen molar-refractivity contribution < 1.29 is 8.78 Å². The van der Waals surface area contributed by atoms with Gasteiger partial charge in [0.25, 0.3) is 0 Å². The molecule has 0 aliphatic rings. The summed E-state index contributed by atoms with van der Waals surface area (Å²) in [5.74, 6) is 4.53. The fourth-order valence-electron chi connectivity index (χ4n) is 1.80. The highest BCUT2D eigenvalue weighted by Crippen LogP contribution is 2.14. The Morgan fingerprint density at radius 3 is 2.60 bits per heavy atom. The average Bonchev–Trinajstić information content (AvgIpc) is 2.44. The maximum atomic E-state index is 13.6. The minimum atomic E-state index is -0.560. The van der Waals surface area contributed by atoms with E-state index in [1.165, 1.54) is 12.1 Å². The Morgan fingerprint density at radius 2 is 1.95 bits per heavy atom. The maximum Gasteiger partial charge on any atom is 0.239 e. The van der Waals surface area contributed by atoms with E-state index in [9.17, 15) is 8.78 Å². The molecule has 0 fully saturated rings. The highest BCUT2D eigenvalue weighted by molar-refractivity contribution is 5.41. The van der Waals surface area contributed by atoms with Crippen LogP contribution in [0.4, 0.5) is 20.5 Å². The Labute approximate surface area is 115 Å². The fourth-order valence-corrected chi connectivity index (χ4v) is 1.80. The van der Waals surface area contributed by atoms with Gasteiger partial charge < -0.3 is 5.32 Å². The Balaban J connectivity index is 2.04. The molecular formula is C13H15F2N5. The third-order valence-electron chi connectivity index (χ3n) is 2.71. The van der Waals surface area contributed by atoms with E-state index < -0.39 is 5.82 Å². The summed E-state index contributed by atoms with van der Waals surface area (Å²) < 4.78 is 26.4. The van der Waals surface area contributed by atoms with Crippen LogP contribution in [-0.4, -0.2) is 16.0 Å². The van der Waals surface area contributed by atoms with Crippen molar-refractivity contribution in [3.8, 4) is 0 Å². The standard InChI is InChI=1S/C13H15F2N5/c1-8(6-9-2-4-10(14)5-3-9)18-12-11(15)7-17-13(19-12)20-16/h2-5,7-8H,6,16H2,1H3,(H2,17,18,19,20). The molecule has 1 aromatic carbocycles. The minimum absolute atomic E-state index is 0.0718. The molecule has 106 valence electrons. The van der Waals surface area contributed by atoms with E-state index in [0.717, 1.165) is 11.8 Å². The summed E-state index contributed by atoms with van der Waals surface area (Å²) in [6, 6.07) is 6.08. The zero-order valence-corrected chi connectivity index (χ0v) is 10.9. The molecule has 0 radical (unpaired) electrons. The Bertz CT molecular complexity index is 573. The van der Waals surface area contributed by atoms with Gasteiger partial charge in [0, 0.05) is 6.04 Å². The molecular weight excluding hydrogens is 264 g/mol. The Morgan fingerprint density at radius 1 is 1.25 bits per heavy atom. The SMILES string of the molecule is CC(Cc1ccc(F)cc1)Nc1nc(NN)ncc1F. The Kier molecular flexibility index (Phi) is 4.41. The van der Waals surface area contributed by atoms with Gasteiger partial charge >= 0.3 is 0 Å². The largest absolute Gasteiger partial charge is 0.365 e. The first-order valence-electron chi connectivity index (χ1n) is 6.08. The topological polar surface area (TPSA) is 75.9 Å². The lowest BCUT2D eigenvalue weighted by Gasteiger charge is -2.15. The molecule has 0 bridgehead atoms. The number of aromatic nitrogens is 2. The molecule has 2 rings (SSSR count). The predicted octanol–water partition coefficient (Wildman–Crippen LogP) is 2.08. The summed E-state index contributed by atoms with van der Waals surface area (Å²) in [7, 11) is 0. The summed E-state index contributed by atoms with van der Waals surface area (Å²) in [5, 5.41) is 2.93. The molecule has 20 heavy (non-hydrogen) atoms. The van der Waals surface area contributed by atoms with E-state index in [1.54, 1.807) is 12.1 Å². The number of nitrogens with two attached hydrogens (primary N) is 1. The number of benzene rings is 1. The van der Waals surface area contributed by atoms with Crippen molar-refractivity contribution >= 4 is 11.8 Å². The summed E-state index contributed by atoms with van der Waals surface area (Å²) in [4.78, 5) is 7.55. The second-order valence-electron chi connectivity index (χ2n) is 4.41. The summed E-state index contributed by atoms with van der Waals surface area (Å²) in [6.07, 6.45) is 1.64. The molecule has 1 unspecified atom stereocenters. The first-order chi connectivity index (χ1) is 9.58. The first-order valence-corrected chi connectivity index (χ1v) is 6.08. The van der Waals surface area contributed by atoms with Gasteiger partial charge in [-0.1, -0.05) is 12.1 Å². The van der Waals surface area contributed by atoms with E-state index in [2.05, 4.69) is 20.7 Å². The third-order valence-corrected chi connectivity index (χ3v) is 2.71. The van der Waals surface area contributed by atoms with Crippen molar-refractivity contribution in [2.45, 2.75) is 19.4 Å². The highest BCUT2D eigenvalue weighted by Gasteiger charge is 2.10. The molecule has 0 spiro atoms. The van der Waals surface area contributed by atoms with Gasteiger partial charge in [-0.25, -0.2) is 19.6 Å². The lowest BCUT2D eigenvalue weighted by atomic mass is 10.1. The number of hydrazine groups is 1. The van der Waals surface area contributed by atoms with Crippen LogP contribution < -0.4 is 16.6 Å². The number of anilines is 2. The quantitative estimate of drug-likeness (QED) is 0.577. The number of halogens is 2. The van der Waals surface area contributed by atoms with Gasteiger partial charge in [-0.2, -0.15) is 4.98 Å². The van der Waals surface area contributed by atoms with Crippen LogP contribution >= 0.6 is 0 Å². The number of nitrogens with one attached hydrogen (secondary N) is 2. The highest BCUT2D eigenvalue weighted by atomic mass is 19.1. The Hall–Kier alpha value is -2.28. The predicted molar refractivity (Wildman–Crippen MR) is 73.0 cm³/mol. The van der Waals surface area contributed by atoms with Gasteiger partial charge in [0.1, 0.15) is 5.82 Å². The number of nitrogen functional groups attached to an aromatic ring is 1. The smallest absolute Gasteiger partial charge is 0.239 e. The zero-order chi connectivity index (χ0) is 14.5. The van der Waals surface area contributed by atoms with Crippen LogP contribution in [0.15, 0.2) is 30.5 Å². The van der Waals surface area contributed by atoms with Crippen LogP contribution in [0.5, 0.6) is 0 Å². The van der Waals surface area contributed by atoms with Gasteiger partial charge in [0.05, 0.1) is 6.20 Å². The molecule has 0 aliphatic heterocycles. The monoisotopic (exact) mass is 279 g/mol. The summed E-state index contributed by atoms with van der Waals surface area (Å²) in [6.45, 7) is 1.88. The molecule has 2 aromatic rings.